The Kier molecular flexibility index (Phi) is 6.30. The fourth-order valence-corrected chi connectivity index (χ4v) is 11.9. The summed E-state index contributed by atoms with van der Waals surface area (Å²) in [5.41, 5.74) is 1.25. The number of nitrogens with one attached hydrogen (secondary N) is 1. The Morgan fingerprint density at radius 3 is 2.22 bits per heavy atom. The largest absolute Gasteiger partial charge is 0.480 e. The Labute approximate surface area is 224 Å². The van der Waals surface area contributed by atoms with Crippen molar-refractivity contribution in [1.82, 2.24) is 5.32 Å². The minimum atomic E-state index is -0.977. The Morgan fingerprint density at radius 2 is 1.57 bits per heavy atom. The van der Waals surface area contributed by atoms with Gasteiger partial charge in [0.15, 0.2) is 0 Å². The lowest BCUT2D eigenvalue weighted by atomic mass is 9.32. The van der Waals surface area contributed by atoms with Crippen LogP contribution in [-0.2, 0) is 9.59 Å². The first-order valence-electron chi connectivity index (χ1n) is 15.0. The van der Waals surface area contributed by atoms with E-state index < -0.39 is 11.4 Å². The third-order valence-corrected chi connectivity index (χ3v) is 13.9. The second-order valence-electron chi connectivity index (χ2n) is 15.3. The summed E-state index contributed by atoms with van der Waals surface area (Å²) in [6, 6.07) is 0. The molecular weight excluding hydrogens is 462 g/mol. The molecule has 10 atom stereocenters. The van der Waals surface area contributed by atoms with Gasteiger partial charge in [-0.25, -0.2) is 0 Å². The molecule has 5 aliphatic carbocycles. The number of carboxylic acid groups (broad SMARTS) is 1. The maximum absolute atomic E-state index is 13.7. The number of carboxylic acids is 1. The highest BCUT2D eigenvalue weighted by Gasteiger charge is 2.71. The molecule has 0 aromatic rings. The third kappa shape index (κ3) is 3.50. The van der Waals surface area contributed by atoms with Gasteiger partial charge in [-0.2, -0.15) is 0 Å². The number of amides is 1. The normalized spacial score (nSPS) is 50.1. The highest BCUT2D eigenvalue weighted by atomic mass is 16.4. The second-order valence-corrected chi connectivity index (χ2v) is 15.3. The SMILES string of the molecule is C=C(C)[C@@H]1CC[C@]2(C(=O)NCC(=O)O)CC[C@]3(C)C(CCC4[C@@]5(C)CC[C@H](O)C(C)(C)C5CC[C@]43C)C12. The molecule has 0 spiro atoms. The van der Waals surface area contributed by atoms with Crippen molar-refractivity contribution in [3.8, 4) is 0 Å². The molecule has 0 aliphatic heterocycles. The van der Waals surface area contributed by atoms with E-state index in [1.807, 2.05) is 0 Å². The molecule has 0 saturated heterocycles. The van der Waals surface area contributed by atoms with Crippen LogP contribution in [0.25, 0.3) is 0 Å². The number of hydrogen-bond donors (Lipinski definition) is 3. The molecular formula is C32H51NO4. The van der Waals surface area contributed by atoms with Crippen molar-refractivity contribution in [1.29, 1.82) is 0 Å². The Balaban J connectivity index is 1.53. The maximum atomic E-state index is 13.7. The highest BCUT2D eigenvalue weighted by Crippen LogP contribution is 2.77. The number of carbonyl (C=O) groups is 2. The second kappa shape index (κ2) is 8.57. The van der Waals surface area contributed by atoms with Crippen LogP contribution in [-0.4, -0.2) is 34.7 Å². The van der Waals surface area contributed by atoms with Crippen LogP contribution in [0.15, 0.2) is 12.2 Å². The maximum Gasteiger partial charge on any atom is 0.322 e. The van der Waals surface area contributed by atoms with Crippen LogP contribution >= 0.6 is 0 Å². The van der Waals surface area contributed by atoms with Crippen molar-refractivity contribution in [2.45, 2.75) is 112 Å². The average Bonchev–Trinajstić information content (AvgIpc) is 3.22. The number of allylic oxidation sites excluding steroid dienone is 1. The van der Waals surface area contributed by atoms with Crippen molar-refractivity contribution in [3.63, 3.8) is 0 Å². The molecule has 3 N–H and O–H groups in total. The van der Waals surface area contributed by atoms with Gasteiger partial charge in [0.1, 0.15) is 6.54 Å². The first-order chi connectivity index (χ1) is 17.1. The summed E-state index contributed by atoms with van der Waals surface area (Å²) in [6.45, 7) is 18.5. The molecule has 5 saturated carbocycles. The summed E-state index contributed by atoms with van der Waals surface area (Å²) in [6.07, 6.45) is 10.2. The van der Waals surface area contributed by atoms with Crippen molar-refractivity contribution in [3.05, 3.63) is 12.2 Å². The van der Waals surface area contributed by atoms with Crippen LogP contribution in [0.1, 0.15) is 106 Å². The van der Waals surface area contributed by atoms with E-state index in [4.69, 9.17) is 0 Å². The zero-order valence-corrected chi connectivity index (χ0v) is 24.2. The molecule has 0 heterocycles. The summed E-state index contributed by atoms with van der Waals surface area (Å²) in [7, 11) is 0. The lowest BCUT2D eigenvalue weighted by Crippen LogP contribution is -2.67. The summed E-state index contributed by atoms with van der Waals surface area (Å²) in [4.78, 5) is 25.0. The van der Waals surface area contributed by atoms with Gasteiger partial charge in [0.2, 0.25) is 5.91 Å². The monoisotopic (exact) mass is 513 g/mol. The van der Waals surface area contributed by atoms with Gasteiger partial charge in [0.25, 0.3) is 0 Å². The van der Waals surface area contributed by atoms with Crippen molar-refractivity contribution >= 4 is 11.9 Å². The number of aliphatic hydroxyl groups is 1. The van der Waals surface area contributed by atoms with E-state index in [-0.39, 0.29) is 46.1 Å². The first kappa shape index (κ1) is 27.2. The smallest absolute Gasteiger partial charge is 0.322 e. The predicted octanol–water partition coefficient (Wildman–Crippen LogP) is 6.21. The number of rotatable bonds is 4. The molecule has 4 unspecified atom stereocenters. The lowest BCUT2D eigenvalue weighted by Gasteiger charge is -2.72. The molecule has 0 aromatic heterocycles. The first-order valence-corrected chi connectivity index (χ1v) is 15.0. The number of hydrogen-bond acceptors (Lipinski definition) is 3. The van der Waals surface area contributed by atoms with Crippen LogP contribution in [0.3, 0.4) is 0 Å². The summed E-state index contributed by atoms with van der Waals surface area (Å²) >= 11 is 0. The lowest BCUT2D eigenvalue weighted by molar-refractivity contribution is -0.246. The number of aliphatic carboxylic acids is 1. The van der Waals surface area contributed by atoms with Crippen LogP contribution in [0.5, 0.6) is 0 Å². The number of aliphatic hydroxyl groups excluding tert-OH is 1. The molecule has 5 heteroatoms. The summed E-state index contributed by atoms with van der Waals surface area (Å²) in [5, 5.41) is 23.0. The van der Waals surface area contributed by atoms with Crippen molar-refractivity contribution in [2.24, 2.45) is 56.7 Å². The molecule has 0 radical (unpaired) electrons. The van der Waals surface area contributed by atoms with Crippen molar-refractivity contribution < 1.29 is 19.8 Å². The van der Waals surface area contributed by atoms with Gasteiger partial charge in [0.05, 0.1) is 11.5 Å². The molecule has 1 amide bonds. The molecule has 5 rings (SSSR count). The molecule has 5 aliphatic rings. The highest BCUT2D eigenvalue weighted by molar-refractivity contribution is 5.86. The van der Waals surface area contributed by atoms with E-state index in [9.17, 15) is 19.8 Å². The fourth-order valence-electron chi connectivity index (χ4n) is 11.9. The van der Waals surface area contributed by atoms with Gasteiger partial charge in [-0.15, -0.1) is 0 Å². The predicted molar refractivity (Wildman–Crippen MR) is 146 cm³/mol. The average molecular weight is 514 g/mol. The van der Waals surface area contributed by atoms with Crippen LogP contribution < -0.4 is 5.32 Å². The standard InChI is InChI=1S/C32H51NO4/c1-19(2)20-10-15-32(27(37)33-18-25(35)36)17-16-30(6)21(26(20)32)8-9-23-29(5)13-12-24(34)28(3,4)22(29)11-14-31(23,30)7/h20-24,26,34H,1,8-18H2,2-7H3,(H,33,37)(H,35,36)/t20-,21?,22?,23?,24-,26?,29-,30+,31+,32-/m0/s1. The van der Waals surface area contributed by atoms with Gasteiger partial charge < -0.3 is 15.5 Å². The van der Waals surface area contributed by atoms with E-state index in [2.05, 4.69) is 53.4 Å². The van der Waals surface area contributed by atoms with Crippen LogP contribution in [0, 0.1) is 56.7 Å². The molecule has 0 bridgehead atoms. The fraction of sp³-hybridized carbons (Fsp3) is 0.875. The molecule has 5 nitrogen and oxygen atoms in total. The minimum absolute atomic E-state index is 0.0309. The Hall–Kier alpha value is -1.36. The zero-order chi connectivity index (χ0) is 27.2. The Morgan fingerprint density at radius 1 is 0.865 bits per heavy atom. The van der Waals surface area contributed by atoms with E-state index in [0.717, 1.165) is 44.9 Å². The van der Waals surface area contributed by atoms with Gasteiger partial charge in [-0.1, -0.05) is 46.8 Å². The van der Waals surface area contributed by atoms with Crippen LogP contribution in [0.2, 0.25) is 0 Å². The van der Waals surface area contributed by atoms with Gasteiger partial charge in [-0.3, -0.25) is 9.59 Å². The van der Waals surface area contributed by atoms with Gasteiger partial charge in [-0.05, 0) is 122 Å². The van der Waals surface area contributed by atoms with Gasteiger partial charge in [0, 0.05) is 0 Å². The Bertz CT molecular complexity index is 989. The van der Waals surface area contributed by atoms with E-state index in [1.165, 1.54) is 24.8 Å². The number of carbonyl (C=O) groups excluding carboxylic acids is 1. The molecule has 5 fully saturated rings. The number of fused-ring (bicyclic) bond motifs is 7. The van der Waals surface area contributed by atoms with E-state index >= 15 is 0 Å². The third-order valence-electron chi connectivity index (χ3n) is 13.9. The molecule has 208 valence electrons. The quantitative estimate of drug-likeness (QED) is 0.390. The van der Waals surface area contributed by atoms with Gasteiger partial charge >= 0.3 is 5.97 Å². The van der Waals surface area contributed by atoms with E-state index in [0.29, 0.717) is 23.7 Å². The van der Waals surface area contributed by atoms with E-state index in [1.54, 1.807) is 0 Å². The van der Waals surface area contributed by atoms with Crippen LogP contribution in [0.4, 0.5) is 0 Å². The summed E-state index contributed by atoms with van der Waals surface area (Å²) in [5.74, 6) is 1.18. The van der Waals surface area contributed by atoms with Crippen molar-refractivity contribution in [2.75, 3.05) is 6.54 Å². The summed E-state index contributed by atoms with van der Waals surface area (Å²) < 4.78 is 0. The topological polar surface area (TPSA) is 86.6 Å². The zero-order valence-electron chi connectivity index (χ0n) is 24.2. The molecule has 0 aromatic carbocycles. The molecule has 37 heavy (non-hydrogen) atoms. The minimum Gasteiger partial charge on any atom is -0.480 e.